The number of amides is 1. The van der Waals surface area contributed by atoms with Crippen LogP contribution in [0.2, 0.25) is 0 Å². The molecule has 78 valence electrons. The van der Waals surface area contributed by atoms with Crippen LogP contribution in [0.4, 0.5) is 4.79 Å². The Morgan fingerprint density at radius 3 is 1.77 bits per heavy atom. The molecule has 1 amide bonds. The molecule has 0 spiro atoms. The first-order valence-corrected chi connectivity index (χ1v) is 4.57. The van der Waals surface area contributed by atoms with Gasteiger partial charge in [-0.2, -0.15) is 0 Å². The quantitative estimate of drug-likeness (QED) is 0.605. The lowest BCUT2D eigenvalue weighted by Gasteiger charge is -2.31. The van der Waals surface area contributed by atoms with Crippen molar-refractivity contribution < 1.29 is 9.90 Å². The number of rotatable bonds is 0. The van der Waals surface area contributed by atoms with E-state index in [4.69, 9.17) is 9.90 Å². The Balaban J connectivity index is 0.000000310. The Kier molecular flexibility index (Phi) is 4.77. The molecule has 0 atom stereocenters. The van der Waals surface area contributed by atoms with Crippen molar-refractivity contribution in [2.45, 2.75) is 39.2 Å². The van der Waals surface area contributed by atoms with Crippen LogP contribution in [0.5, 0.6) is 0 Å². The number of likely N-dealkylation sites (tertiary alicyclic amines) is 1. The zero-order chi connectivity index (χ0) is 10.5. The predicted octanol–water partition coefficient (Wildman–Crippen LogP) is 1.50. The van der Waals surface area contributed by atoms with Gasteiger partial charge in [0, 0.05) is 5.54 Å². The van der Waals surface area contributed by atoms with Gasteiger partial charge in [0.05, 0.1) is 0 Å². The molecule has 0 bridgehead atoms. The summed E-state index contributed by atoms with van der Waals surface area (Å²) < 4.78 is 0. The van der Waals surface area contributed by atoms with Crippen molar-refractivity contribution in [1.82, 2.24) is 4.90 Å². The maximum atomic E-state index is 8.78. The SMILES string of the molecule is CC(C)(C)N1CCCC1.NC(=O)O. The van der Waals surface area contributed by atoms with Gasteiger partial charge in [0.25, 0.3) is 0 Å². The molecule has 13 heavy (non-hydrogen) atoms. The van der Waals surface area contributed by atoms with Gasteiger partial charge in [-0.15, -0.1) is 0 Å². The van der Waals surface area contributed by atoms with Crippen LogP contribution in [0.1, 0.15) is 33.6 Å². The minimum Gasteiger partial charge on any atom is -0.465 e. The van der Waals surface area contributed by atoms with Crippen LogP contribution in [-0.4, -0.2) is 34.7 Å². The number of carboxylic acid groups (broad SMARTS) is 1. The Morgan fingerprint density at radius 1 is 1.31 bits per heavy atom. The average Bonchev–Trinajstić information content (AvgIpc) is 2.31. The molecular weight excluding hydrogens is 168 g/mol. The fraction of sp³-hybridized carbons (Fsp3) is 0.889. The monoisotopic (exact) mass is 188 g/mol. The van der Waals surface area contributed by atoms with Crippen LogP contribution < -0.4 is 5.73 Å². The minimum absolute atomic E-state index is 0.413. The Hall–Kier alpha value is -0.770. The topological polar surface area (TPSA) is 66.6 Å². The zero-order valence-electron chi connectivity index (χ0n) is 8.71. The highest BCUT2D eigenvalue weighted by Crippen LogP contribution is 2.19. The van der Waals surface area contributed by atoms with Crippen LogP contribution in [0.15, 0.2) is 0 Å². The second-order valence-corrected chi connectivity index (χ2v) is 4.20. The van der Waals surface area contributed by atoms with Gasteiger partial charge in [-0.3, -0.25) is 4.90 Å². The van der Waals surface area contributed by atoms with Gasteiger partial charge in [0.1, 0.15) is 0 Å². The van der Waals surface area contributed by atoms with E-state index < -0.39 is 6.09 Å². The Labute approximate surface area is 79.7 Å². The normalized spacial score (nSPS) is 17.8. The molecule has 0 aromatic heterocycles. The molecule has 4 heteroatoms. The van der Waals surface area contributed by atoms with E-state index >= 15 is 0 Å². The van der Waals surface area contributed by atoms with Crippen LogP contribution in [0, 0.1) is 0 Å². The largest absolute Gasteiger partial charge is 0.465 e. The fourth-order valence-electron chi connectivity index (χ4n) is 1.39. The second kappa shape index (κ2) is 5.07. The highest BCUT2D eigenvalue weighted by molar-refractivity contribution is 5.61. The maximum absolute atomic E-state index is 8.78. The van der Waals surface area contributed by atoms with E-state index in [-0.39, 0.29) is 0 Å². The fourth-order valence-corrected chi connectivity index (χ4v) is 1.39. The molecule has 0 aromatic rings. The van der Waals surface area contributed by atoms with Crippen LogP contribution in [-0.2, 0) is 0 Å². The van der Waals surface area contributed by atoms with Crippen molar-refractivity contribution >= 4 is 6.09 Å². The van der Waals surface area contributed by atoms with E-state index in [1.807, 2.05) is 0 Å². The smallest absolute Gasteiger partial charge is 0.402 e. The van der Waals surface area contributed by atoms with E-state index in [1.54, 1.807) is 0 Å². The third-order valence-electron chi connectivity index (χ3n) is 2.05. The predicted molar refractivity (Wildman–Crippen MR) is 52.8 cm³/mol. The van der Waals surface area contributed by atoms with Crippen molar-refractivity contribution in [3.8, 4) is 0 Å². The van der Waals surface area contributed by atoms with E-state index in [2.05, 4.69) is 31.4 Å². The average molecular weight is 188 g/mol. The van der Waals surface area contributed by atoms with E-state index in [1.165, 1.54) is 25.9 Å². The summed E-state index contributed by atoms with van der Waals surface area (Å²) in [6.45, 7) is 9.49. The third-order valence-corrected chi connectivity index (χ3v) is 2.05. The van der Waals surface area contributed by atoms with E-state index in [9.17, 15) is 0 Å². The van der Waals surface area contributed by atoms with Crippen LogP contribution in [0.25, 0.3) is 0 Å². The van der Waals surface area contributed by atoms with Gasteiger partial charge in [-0.1, -0.05) is 0 Å². The standard InChI is InChI=1S/C8H17N.CH3NO2/c1-8(2,3)9-6-4-5-7-9;2-1(3)4/h4-7H2,1-3H3;2H2,(H,3,4). The summed E-state index contributed by atoms with van der Waals surface area (Å²) in [5, 5.41) is 7.19. The molecule has 0 radical (unpaired) electrons. The minimum atomic E-state index is -1.33. The van der Waals surface area contributed by atoms with Crippen molar-refractivity contribution in [2.24, 2.45) is 5.73 Å². The molecule has 4 nitrogen and oxygen atoms in total. The highest BCUT2D eigenvalue weighted by Gasteiger charge is 2.23. The highest BCUT2D eigenvalue weighted by atomic mass is 16.4. The summed E-state index contributed by atoms with van der Waals surface area (Å²) in [4.78, 5) is 11.3. The zero-order valence-corrected chi connectivity index (χ0v) is 8.71. The number of nitrogens with two attached hydrogens (primary N) is 1. The molecule has 1 aliphatic rings. The van der Waals surface area contributed by atoms with Crippen molar-refractivity contribution in [3.05, 3.63) is 0 Å². The van der Waals surface area contributed by atoms with Gasteiger partial charge in [-0.25, -0.2) is 4.79 Å². The maximum Gasteiger partial charge on any atom is 0.402 e. The summed E-state index contributed by atoms with van der Waals surface area (Å²) >= 11 is 0. The lowest BCUT2D eigenvalue weighted by molar-refractivity contribution is 0.175. The lowest BCUT2D eigenvalue weighted by atomic mass is 10.1. The first-order chi connectivity index (χ1) is 5.84. The van der Waals surface area contributed by atoms with Gasteiger partial charge < -0.3 is 10.8 Å². The molecule has 0 saturated carbocycles. The van der Waals surface area contributed by atoms with Crippen LogP contribution >= 0.6 is 0 Å². The number of primary amides is 1. The summed E-state index contributed by atoms with van der Waals surface area (Å²) in [5.74, 6) is 0. The summed E-state index contributed by atoms with van der Waals surface area (Å²) in [6.07, 6.45) is 1.47. The molecule has 1 heterocycles. The number of hydrogen-bond donors (Lipinski definition) is 2. The second-order valence-electron chi connectivity index (χ2n) is 4.20. The summed E-state index contributed by atoms with van der Waals surface area (Å²) in [6, 6.07) is 0. The number of carbonyl (C=O) groups is 1. The first kappa shape index (κ1) is 12.2. The molecule has 0 aromatic carbocycles. The molecular formula is C9H20N2O2. The number of hydrogen-bond acceptors (Lipinski definition) is 2. The molecule has 1 fully saturated rings. The van der Waals surface area contributed by atoms with E-state index in [0.717, 1.165) is 0 Å². The molecule has 3 N–H and O–H groups in total. The van der Waals surface area contributed by atoms with Gasteiger partial charge >= 0.3 is 6.09 Å². The van der Waals surface area contributed by atoms with E-state index in [0.29, 0.717) is 5.54 Å². The van der Waals surface area contributed by atoms with Crippen molar-refractivity contribution in [3.63, 3.8) is 0 Å². The van der Waals surface area contributed by atoms with Crippen molar-refractivity contribution in [1.29, 1.82) is 0 Å². The molecule has 1 aliphatic heterocycles. The first-order valence-electron chi connectivity index (χ1n) is 4.57. The number of nitrogens with zero attached hydrogens (tertiary/aromatic N) is 1. The Bertz CT molecular complexity index is 153. The summed E-state index contributed by atoms with van der Waals surface area (Å²) in [5.41, 5.74) is 4.44. The van der Waals surface area contributed by atoms with Gasteiger partial charge in [0.2, 0.25) is 0 Å². The van der Waals surface area contributed by atoms with Gasteiger partial charge in [0.15, 0.2) is 0 Å². The molecule has 1 saturated heterocycles. The molecule has 0 unspecified atom stereocenters. The van der Waals surface area contributed by atoms with Gasteiger partial charge in [-0.05, 0) is 46.7 Å². The third kappa shape index (κ3) is 6.40. The van der Waals surface area contributed by atoms with Crippen molar-refractivity contribution in [2.75, 3.05) is 13.1 Å². The molecule has 1 rings (SSSR count). The Morgan fingerprint density at radius 2 is 1.62 bits per heavy atom. The van der Waals surface area contributed by atoms with Crippen LogP contribution in [0.3, 0.4) is 0 Å². The molecule has 0 aliphatic carbocycles. The summed E-state index contributed by atoms with van der Waals surface area (Å²) in [7, 11) is 0. The lowest BCUT2D eigenvalue weighted by Crippen LogP contribution is -2.38.